The second kappa shape index (κ2) is 6.60. The molecule has 1 saturated heterocycles. The fourth-order valence-corrected chi connectivity index (χ4v) is 5.99. The third kappa shape index (κ3) is 3.16. The van der Waals surface area contributed by atoms with Crippen LogP contribution in [0, 0.1) is 23.2 Å². The van der Waals surface area contributed by atoms with Crippen LogP contribution >= 0.6 is 0 Å². The van der Waals surface area contributed by atoms with Crippen molar-refractivity contribution in [3.63, 3.8) is 0 Å². The van der Waals surface area contributed by atoms with E-state index in [0.717, 1.165) is 44.9 Å². The lowest BCUT2D eigenvalue weighted by Gasteiger charge is -2.60. The van der Waals surface area contributed by atoms with Crippen LogP contribution in [0.1, 0.15) is 51.4 Å². The maximum atomic E-state index is 12.4. The van der Waals surface area contributed by atoms with Gasteiger partial charge in [-0.3, -0.25) is 4.79 Å². The topological polar surface area (TPSA) is 139 Å². The Balaban J connectivity index is 0.00000104. The van der Waals surface area contributed by atoms with Crippen molar-refractivity contribution < 1.29 is 20.9 Å². The summed E-state index contributed by atoms with van der Waals surface area (Å²) in [6.45, 7) is 1.02. The number of nitriles is 1. The molecule has 1 aliphatic heterocycles. The van der Waals surface area contributed by atoms with Crippen molar-refractivity contribution in [1.29, 1.82) is 5.26 Å². The monoisotopic (exact) mass is 339 g/mol. The first-order chi connectivity index (χ1) is 10.5. The zero-order chi connectivity index (χ0) is 15.4. The van der Waals surface area contributed by atoms with Crippen LogP contribution in [0.3, 0.4) is 0 Å². The van der Waals surface area contributed by atoms with Gasteiger partial charge in [0.15, 0.2) is 0 Å². The molecule has 7 heteroatoms. The molecule has 3 atom stereocenters. The number of hydrogen-bond acceptors (Lipinski definition) is 4. The predicted molar refractivity (Wildman–Crippen MR) is 87.9 cm³/mol. The van der Waals surface area contributed by atoms with Crippen LogP contribution in [0.25, 0.3) is 0 Å². The van der Waals surface area contributed by atoms with Gasteiger partial charge in [0, 0.05) is 12.1 Å². The average molecular weight is 339 g/mol. The Labute approximate surface area is 142 Å². The second-order valence-corrected chi connectivity index (χ2v) is 8.19. The van der Waals surface area contributed by atoms with E-state index < -0.39 is 5.60 Å². The Morgan fingerprint density at radius 2 is 1.92 bits per heavy atom. The van der Waals surface area contributed by atoms with E-state index in [1.54, 1.807) is 4.90 Å². The molecule has 6 N–H and O–H groups in total. The van der Waals surface area contributed by atoms with E-state index in [1.807, 2.05) is 0 Å². The third-order valence-corrected chi connectivity index (χ3v) is 6.37. The molecule has 0 aromatic heterocycles. The predicted octanol–water partition coefficient (Wildman–Crippen LogP) is -0.475. The first kappa shape index (κ1) is 19.1. The fourth-order valence-electron chi connectivity index (χ4n) is 5.99. The van der Waals surface area contributed by atoms with Crippen molar-refractivity contribution in [1.82, 2.24) is 10.2 Å². The standard InChI is InChI=1S/C17H25N3O2.2H2O/c18-9-14-2-1-3-20(14)15(21)10-19-16-5-12-4-13(6-16)8-17(22,7-12)11-16;;/h12-14,19,22H,1-8,10-11H2;2*1H2/t12-,13-,14-,16?,17?;;/m0../s1. The maximum absolute atomic E-state index is 12.4. The molecule has 1 amide bonds. The summed E-state index contributed by atoms with van der Waals surface area (Å²) in [5, 5.41) is 23.4. The van der Waals surface area contributed by atoms with Crippen molar-refractivity contribution in [2.75, 3.05) is 13.1 Å². The van der Waals surface area contributed by atoms with Gasteiger partial charge in [0.25, 0.3) is 0 Å². The lowest BCUT2D eigenvalue weighted by Crippen LogP contribution is -2.65. The largest absolute Gasteiger partial charge is 0.412 e. The van der Waals surface area contributed by atoms with Crippen molar-refractivity contribution in [2.24, 2.45) is 11.8 Å². The molecule has 1 heterocycles. The molecule has 7 nitrogen and oxygen atoms in total. The minimum atomic E-state index is -0.497. The van der Waals surface area contributed by atoms with Crippen LogP contribution < -0.4 is 5.32 Å². The first-order valence-corrected chi connectivity index (χ1v) is 8.67. The smallest absolute Gasteiger partial charge is 0.237 e. The lowest BCUT2D eigenvalue weighted by molar-refractivity contribution is -0.147. The highest BCUT2D eigenvalue weighted by Crippen LogP contribution is 2.57. The number of carbonyl (C=O) groups excluding carboxylic acids is 1. The van der Waals surface area contributed by atoms with Gasteiger partial charge in [0.05, 0.1) is 18.2 Å². The summed E-state index contributed by atoms with van der Waals surface area (Å²) in [7, 11) is 0. The van der Waals surface area contributed by atoms with E-state index >= 15 is 0 Å². The zero-order valence-corrected chi connectivity index (χ0v) is 14.1. The Kier molecular flexibility index (Phi) is 5.26. The quantitative estimate of drug-likeness (QED) is 0.717. The molecule has 4 saturated carbocycles. The zero-order valence-electron chi connectivity index (χ0n) is 14.1. The number of nitrogens with one attached hydrogen (secondary N) is 1. The van der Waals surface area contributed by atoms with Gasteiger partial charge in [-0.2, -0.15) is 5.26 Å². The molecule has 0 unspecified atom stereocenters. The molecule has 0 aromatic carbocycles. The average Bonchev–Trinajstić information content (AvgIpc) is 2.90. The first-order valence-electron chi connectivity index (χ1n) is 8.67. The highest BCUT2D eigenvalue weighted by atomic mass is 16.3. The summed E-state index contributed by atoms with van der Waals surface area (Å²) in [5.41, 5.74) is -0.542. The second-order valence-electron chi connectivity index (χ2n) is 8.19. The highest BCUT2D eigenvalue weighted by molar-refractivity contribution is 5.79. The lowest BCUT2D eigenvalue weighted by atomic mass is 9.51. The number of amides is 1. The van der Waals surface area contributed by atoms with Crippen molar-refractivity contribution >= 4 is 5.91 Å². The van der Waals surface area contributed by atoms with Gasteiger partial charge in [0.1, 0.15) is 6.04 Å². The SMILES string of the molecule is N#C[C@@H]1CCCN1C(=O)CNC12C[C@@H]3C[C@H](CC(O)(C3)C1)C2.O.O. The van der Waals surface area contributed by atoms with Gasteiger partial charge >= 0.3 is 0 Å². The Morgan fingerprint density at radius 1 is 1.25 bits per heavy atom. The molecule has 5 aliphatic rings. The normalized spacial score (nSPS) is 42.2. The molecule has 4 aliphatic carbocycles. The van der Waals surface area contributed by atoms with E-state index in [9.17, 15) is 9.90 Å². The molecule has 5 rings (SSSR count). The van der Waals surface area contributed by atoms with Crippen LogP contribution in [0.2, 0.25) is 0 Å². The fraction of sp³-hybridized carbons (Fsp3) is 0.882. The molecule has 24 heavy (non-hydrogen) atoms. The molecule has 0 radical (unpaired) electrons. The van der Waals surface area contributed by atoms with Gasteiger partial charge in [0.2, 0.25) is 5.91 Å². The third-order valence-electron chi connectivity index (χ3n) is 6.37. The van der Waals surface area contributed by atoms with E-state index in [-0.39, 0.29) is 28.4 Å². The van der Waals surface area contributed by atoms with Crippen LogP contribution in [-0.4, -0.2) is 57.1 Å². The molecule has 0 aromatic rings. The number of aliphatic hydroxyl groups is 1. The number of nitrogens with zero attached hydrogens (tertiary/aromatic N) is 2. The van der Waals surface area contributed by atoms with Gasteiger partial charge in [-0.25, -0.2) is 0 Å². The Morgan fingerprint density at radius 3 is 2.50 bits per heavy atom. The summed E-state index contributed by atoms with van der Waals surface area (Å²) < 4.78 is 0. The van der Waals surface area contributed by atoms with Gasteiger partial charge in [-0.15, -0.1) is 0 Å². The van der Waals surface area contributed by atoms with Crippen LogP contribution in [0.15, 0.2) is 0 Å². The summed E-state index contributed by atoms with van der Waals surface area (Å²) >= 11 is 0. The summed E-state index contributed by atoms with van der Waals surface area (Å²) in [6.07, 6.45) is 7.87. The molecule has 136 valence electrons. The minimum absolute atomic E-state index is 0. The van der Waals surface area contributed by atoms with Crippen LogP contribution in [0.4, 0.5) is 0 Å². The molecular formula is C17H29N3O4. The number of likely N-dealkylation sites (tertiary alicyclic amines) is 1. The maximum Gasteiger partial charge on any atom is 0.237 e. The minimum Gasteiger partial charge on any atom is -0.412 e. The van der Waals surface area contributed by atoms with Crippen LogP contribution in [0.5, 0.6) is 0 Å². The van der Waals surface area contributed by atoms with Crippen LogP contribution in [-0.2, 0) is 4.79 Å². The molecular weight excluding hydrogens is 310 g/mol. The molecule has 4 bridgehead atoms. The Bertz CT molecular complexity index is 518. The Hall–Kier alpha value is -1.20. The molecule has 0 spiro atoms. The van der Waals surface area contributed by atoms with Gasteiger partial charge in [-0.05, 0) is 63.2 Å². The summed E-state index contributed by atoms with van der Waals surface area (Å²) in [4.78, 5) is 14.2. The van der Waals surface area contributed by atoms with E-state index in [2.05, 4.69) is 11.4 Å². The van der Waals surface area contributed by atoms with E-state index in [4.69, 9.17) is 5.26 Å². The number of hydrogen-bond donors (Lipinski definition) is 2. The van der Waals surface area contributed by atoms with E-state index in [0.29, 0.717) is 24.9 Å². The summed E-state index contributed by atoms with van der Waals surface area (Å²) in [5.74, 6) is 1.28. The van der Waals surface area contributed by atoms with Gasteiger partial charge < -0.3 is 26.3 Å². The van der Waals surface area contributed by atoms with Gasteiger partial charge in [-0.1, -0.05) is 0 Å². The number of rotatable bonds is 3. The van der Waals surface area contributed by atoms with E-state index in [1.165, 1.54) is 6.42 Å². The number of carbonyl (C=O) groups is 1. The summed E-state index contributed by atoms with van der Waals surface area (Å²) in [6, 6.07) is 1.99. The highest BCUT2D eigenvalue weighted by Gasteiger charge is 2.57. The van der Waals surface area contributed by atoms with Crippen molar-refractivity contribution in [3.8, 4) is 6.07 Å². The van der Waals surface area contributed by atoms with Crippen molar-refractivity contribution in [2.45, 2.75) is 68.5 Å². The van der Waals surface area contributed by atoms with Crippen molar-refractivity contribution in [3.05, 3.63) is 0 Å². The molecule has 5 fully saturated rings.